The number of benzene rings is 1. The van der Waals surface area contributed by atoms with Crippen LogP contribution in [0.2, 0.25) is 0 Å². The number of primary amides is 1. The maximum atomic E-state index is 12.5. The Morgan fingerprint density at radius 1 is 1.08 bits per heavy atom. The predicted molar refractivity (Wildman–Crippen MR) is 76.9 cm³/mol. The highest BCUT2D eigenvalue weighted by Gasteiger charge is 2.31. The van der Waals surface area contributed by atoms with Crippen molar-refractivity contribution in [3.63, 3.8) is 0 Å². The van der Waals surface area contributed by atoms with Crippen molar-refractivity contribution in [2.75, 3.05) is 0 Å². The maximum absolute atomic E-state index is 12.5. The quantitative estimate of drug-likeness (QED) is 0.870. The number of amides is 1. The Balaban J connectivity index is 2.29. The Hall–Kier alpha value is -3.21. The molecular formula is C16H10F3N3O2. The predicted octanol–water partition coefficient (Wildman–Crippen LogP) is 2.69. The summed E-state index contributed by atoms with van der Waals surface area (Å²) in [4.78, 5) is 26.9. The lowest BCUT2D eigenvalue weighted by molar-refractivity contribution is -0.137. The molecule has 0 spiro atoms. The minimum Gasteiger partial charge on any atom is -0.366 e. The molecule has 1 aromatic heterocycles. The summed E-state index contributed by atoms with van der Waals surface area (Å²) in [5, 5.41) is 9.18. The van der Waals surface area contributed by atoms with E-state index in [4.69, 9.17) is 5.73 Å². The SMILES string of the molecule is N#CC(C(=O)c1ccc(C(N)=O)cc1)c1ccc(C(F)(F)F)cn1. The zero-order valence-corrected chi connectivity index (χ0v) is 12.0. The van der Waals surface area contributed by atoms with Crippen LogP contribution in [0.1, 0.15) is 37.9 Å². The first-order chi connectivity index (χ1) is 11.2. The molecule has 122 valence electrons. The molecule has 0 saturated heterocycles. The largest absolute Gasteiger partial charge is 0.417 e. The van der Waals surface area contributed by atoms with E-state index in [1.54, 1.807) is 6.07 Å². The standard InChI is InChI=1S/C16H10F3N3O2/c17-16(18,19)11-5-6-13(22-8-11)12(7-20)14(23)9-1-3-10(4-2-9)15(21)24/h1-6,8,12H,(H2,21,24). The molecule has 0 aliphatic rings. The third-order valence-electron chi connectivity index (χ3n) is 3.25. The molecule has 1 unspecified atom stereocenters. The summed E-state index contributed by atoms with van der Waals surface area (Å²) in [6, 6.07) is 8.76. The summed E-state index contributed by atoms with van der Waals surface area (Å²) in [6.45, 7) is 0. The van der Waals surface area contributed by atoms with E-state index in [0.717, 1.165) is 12.1 Å². The van der Waals surface area contributed by atoms with Crippen LogP contribution in [0.5, 0.6) is 0 Å². The minimum absolute atomic E-state index is 0.0884. The Morgan fingerprint density at radius 3 is 2.08 bits per heavy atom. The van der Waals surface area contributed by atoms with Gasteiger partial charge in [0.05, 0.1) is 17.3 Å². The van der Waals surface area contributed by atoms with E-state index in [-0.39, 0.29) is 16.8 Å². The molecule has 2 aromatic rings. The van der Waals surface area contributed by atoms with Gasteiger partial charge >= 0.3 is 6.18 Å². The fourth-order valence-corrected chi connectivity index (χ4v) is 1.97. The first-order valence-electron chi connectivity index (χ1n) is 6.61. The minimum atomic E-state index is -4.55. The normalized spacial score (nSPS) is 12.2. The number of aromatic nitrogens is 1. The molecule has 1 atom stereocenters. The average Bonchev–Trinajstić information content (AvgIpc) is 2.55. The molecular weight excluding hydrogens is 323 g/mol. The van der Waals surface area contributed by atoms with E-state index in [0.29, 0.717) is 6.20 Å². The van der Waals surface area contributed by atoms with E-state index < -0.39 is 29.3 Å². The smallest absolute Gasteiger partial charge is 0.366 e. The number of rotatable bonds is 4. The maximum Gasteiger partial charge on any atom is 0.417 e. The van der Waals surface area contributed by atoms with E-state index in [9.17, 15) is 28.0 Å². The molecule has 0 saturated carbocycles. The second-order valence-corrected chi connectivity index (χ2v) is 4.84. The Bertz CT molecular complexity index is 806. The van der Waals surface area contributed by atoms with Gasteiger partial charge in [0.1, 0.15) is 0 Å². The van der Waals surface area contributed by atoms with Crippen LogP contribution >= 0.6 is 0 Å². The molecule has 1 aromatic carbocycles. The second kappa shape index (κ2) is 6.50. The Labute approximate surface area is 134 Å². The number of carbonyl (C=O) groups excluding carboxylic acids is 2. The van der Waals surface area contributed by atoms with Crippen molar-refractivity contribution in [1.82, 2.24) is 4.98 Å². The average molecular weight is 333 g/mol. The van der Waals surface area contributed by atoms with Crippen molar-refractivity contribution in [3.8, 4) is 6.07 Å². The number of nitriles is 1. The molecule has 2 N–H and O–H groups in total. The first kappa shape index (κ1) is 17.1. The number of hydrogen-bond donors (Lipinski definition) is 1. The van der Waals surface area contributed by atoms with Gasteiger partial charge in [0.15, 0.2) is 11.7 Å². The van der Waals surface area contributed by atoms with Crippen LogP contribution in [0.3, 0.4) is 0 Å². The van der Waals surface area contributed by atoms with Crippen LogP contribution in [-0.2, 0) is 6.18 Å². The van der Waals surface area contributed by atoms with Crippen molar-refractivity contribution in [3.05, 3.63) is 65.0 Å². The van der Waals surface area contributed by atoms with Crippen LogP contribution in [0.25, 0.3) is 0 Å². The summed E-state index contributed by atoms with van der Waals surface area (Å²) < 4.78 is 37.6. The van der Waals surface area contributed by atoms with Gasteiger partial charge in [-0.3, -0.25) is 14.6 Å². The number of nitrogens with two attached hydrogens (primary N) is 1. The number of pyridine rings is 1. The number of hydrogen-bond acceptors (Lipinski definition) is 4. The van der Waals surface area contributed by atoms with Gasteiger partial charge in [-0.25, -0.2) is 0 Å². The molecule has 8 heteroatoms. The fourth-order valence-electron chi connectivity index (χ4n) is 1.97. The number of nitrogens with zero attached hydrogens (tertiary/aromatic N) is 2. The van der Waals surface area contributed by atoms with Gasteiger partial charge in [0.25, 0.3) is 0 Å². The molecule has 0 radical (unpaired) electrons. The molecule has 0 bridgehead atoms. The molecule has 0 aliphatic heterocycles. The lowest BCUT2D eigenvalue weighted by atomic mass is 9.94. The summed E-state index contributed by atoms with van der Waals surface area (Å²) in [6.07, 6.45) is -3.98. The van der Waals surface area contributed by atoms with Gasteiger partial charge < -0.3 is 5.73 Å². The molecule has 1 heterocycles. The van der Waals surface area contributed by atoms with E-state index in [1.807, 2.05) is 0 Å². The van der Waals surface area contributed by atoms with Crippen LogP contribution in [0.4, 0.5) is 13.2 Å². The summed E-state index contributed by atoms with van der Waals surface area (Å²) in [7, 11) is 0. The molecule has 1 amide bonds. The number of halogens is 3. The van der Waals surface area contributed by atoms with Gasteiger partial charge in [0.2, 0.25) is 5.91 Å². The number of alkyl halides is 3. The highest BCUT2D eigenvalue weighted by Crippen LogP contribution is 2.29. The van der Waals surface area contributed by atoms with Gasteiger partial charge in [-0.15, -0.1) is 0 Å². The summed E-state index contributed by atoms with van der Waals surface area (Å²) in [5.41, 5.74) is 4.34. The third kappa shape index (κ3) is 3.57. The monoisotopic (exact) mass is 333 g/mol. The molecule has 0 aliphatic carbocycles. The summed E-state index contributed by atoms with van der Waals surface area (Å²) in [5.74, 6) is -2.66. The van der Waals surface area contributed by atoms with Crippen molar-refractivity contribution in [1.29, 1.82) is 5.26 Å². The Morgan fingerprint density at radius 2 is 1.67 bits per heavy atom. The van der Waals surface area contributed by atoms with E-state index in [1.165, 1.54) is 24.3 Å². The van der Waals surface area contributed by atoms with E-state index in [2.05, 4.69) is 4.98 Å². The Kier molecular flexibility index (Phi) is 4.64. The summed E-state index contributed by atoms with van der Waals surface area (Å²) >= 11 is 0. The van der Waals surface area contributed by atoms with Crippen molar-refractivity contribution in [2.24, 2.45) is 5.73 Å². The highest BCUT2D eigenvalue weighted by atomic mass is 19.4. The van der Waals surface area contributed by atoms with Gasteiger partial charge in [0, 0.05) is 17.3 Å². The van der Waals surface area contributed by atoms with Crippen molar-refractivity contribution in [2.45, 2.75) is 12.1 Å². The van der Waals surface area contributed by atoms with Crippen LogP contribution in [0.15, 0.2) is 42.6 Å². The van der Waals surface area contributed by atoms with Gasteiger partial charge in [-0.1, -0.05) is 12.1 Å². The topological polar surface area (TPSA) is 96.8 Å². The number of Topliss-reactive ketones (excluding diaryl/α,β-unsaturated/α-hetero) is 1. The lowest BCUT2D eigenvalue weighted by Gasteiger charge is -2.10. The molecule has 24 heavy (non-hydrogen) atoms. The first-order valence-corrected chi connectivity index (χ1v) is 6.61. The van der Waals surface area contributed by atoms with Crippen LogP contribution < -0.4 is 5.73 Å². The number of carbonyl (C=O) groups is 2. The highest BCUT2D eigenvalue weighted by molar-refractivity contribution is 6.03. The van der Waals surface area contributed by atoms with Crippen LogP contribution in [0, 0.1) is 11.3 Å². The molecule has 2 rings (SSSR count). The number of ketones is 1. The van der Waals surface area contributed by atoms with Gasteiger partial charge in [-0.2, -0.15) is 18.4 Å². The molecule has 5 nitrogen and oxygen atoms in total. The zero-order valence-electron chi connectivity index (χ0n) is 12.0. The zero-order chi connectivity index (χ0) is 17.9. The van der Waals surface area contributed by atoms with Crippen molar-refractivity contribution < 1.29 is 22.8 Å². The van der Waals surface area contributed by atoms with Crippen LogP contribution in [-0.4, -0.2) is 16.7 Å². The lowest BCUT2D eigenvalue weighted by Crippen LogP contribution is -2.15. The van der Waals surface area contributed by atoms with E-state index >= 15 is 0 Å². The van der Waals surface area contributed by atoms with Crippen molar-refractivity contribution >= 4 is 11.7 Å². The third-order valence-corrected chi connectivity index (χ3v) is 3.25. The second-order valence-electron chi connectivity index (χ2n) is 4.84. The molecule has 0 fully saturated rings. The van der Waals surface area contributed by atoms with Gasteiger partial charge in [-0.05, 0) is 24.3 Å². The fraction of sp³-hybridized carbons (Fsp3) is 0.125.